The fraction of sp³-hybridized carbons (Fsp3) is 0.281. The smallest absolute Gasteiger partial charge is 0.308 e. The van der Waals surface area contributed by atoms with Crippen LogP contribution in [0.1, 0.15) is 73.9 Å². The quantitative estimate of drug-likeness (QED) is 0.284. The van der Waals surface area contributed by atoms with Crippen molar-refractivity contribution in [2.75, 3.05) is 0 Å². The molecule has 0 aliphatic heterocycles. The third-order valence-corrected chi connectivity index (χ3v) is 6.54. The molecule has 0 bridgehead atoms. The zero-order chi connectivity index (χ0) is 30.7. The zero-order valence-corrected chi connectivity index (χ0v) is 24.1. The molecule has 10 heteroatoms. The number of ether oxygens (including phenoxy) is 5. The average molecular weight is 575 g/mol. The number of benzene rings is 3. The van der Waals surface area contributed by atoms with Crippen LogP contribution in [0.3, 0.4) is 0 Å². The van der Waals surface area contributed by atoms with Gasteiger partial charge in [-0.25, -0.2) is 0 Å². The van der Waals surface area contributed by atoms with Gasteiger partial charge in [0.15, 0.2) is 0 Å². The van der Waals surface area contributed by atoms with Crippen LogP contribution in [0, 0.1) is 6.92 Å². The number of fused-ring (bicyclic) bond motifs is 2. The highest BCUT2D eigenvalue weighted by molar-refractivity contribution is 5.76. The van der Waals surface area contributed by atoms with Gasteiger partial charge in [-0.2, -0.15) is 0 Å². The minimum atomic E-state index is -0.571. The van der Waals surface area contributed by atoms with E-state index in [-0.39, 0.29) is 29.4 Å². The van der Waals surface area contributed by atoms with Gasteiger partial charge in [0.1, 0.15) is 28.7 Å². The van der Waals surface area contributed by atoms with E-state index in [1.54, 1.807) is 24.3 Å². The van der Waals surface area contributed by atoms with E-state index in [1.807, 2.05) is 13.0 Å². The number of esters is 5. The lowest BCUT2D eigenvalue weighted by Crippen LogP contribution is -2.21. The second kappa shape index (κ2) is 12.3. The van der Waals surface area contributed by atoms with Crippen molar-refractivity contribution in [1.29, 1.82) is 0 Å². The van der Waals surface area contributed by atoms with Crippen LogP contribution in [-0.4, -0.2) is 29.8 Å². The fourth-order valence-electron chi connectivity index (χ4n) is 5.18. The Morgan fingerprint density at radius 3 is 1.74 bits per heavy atom. The topological polar surface area (TPSA) is 132 Å². The highest BCUT2D eigenvalue weighted by Gasteiger charge is 2.34. The standard InChI is InChI=1S/C32H30O10/c1-16-9-24(38-17(2)33)8-7-22(16)11-29-27-13-26(40-19(4)35)14-30(41-20(5)36)28(27)12-23-10-25(39-18(3)34)15-31(32(23)29)42-21(6)37/h7-10,13-15,29H,11-12H2,1-6H3. The van der Waals surface area contributed by atoms with E-state index in [9.17, 15) is 24.0 Å². The Morgan fingerprint density at radius 2 is 1.17 bits per heavy atom. The fourth-order valence-corrected chi connectivity index (χ4v) is 5.18. The summed E-state index contributed by atoms with van der Waals surface area (Å²) in [6.45, 7) is 8.27. The normalized spacial score (nSPS) is 13.2. The van der Waals surface area contributed by atoms with Crippen molar-refractivity contribution < 1.29 is 47.7 Å². The van der Waals surface area contributed by atoms with Gasteiger partial charge in [-0.3, -0.25) is 24.0 Å². The Kier molecular flexibility index (Phi) is 8.75. The molecular formula is C32H30O10. The molecule has 0 saturated heterocycles. The highest BCUT2D eigenvalue weighted by atomic mass is 16.6. The number of rotatable bonds is 7. The first-order valence-electron chi connectivity index (χ1n) is 13.2. The van der Waals surface area contributed by atoms with Crippen LogP contribution in [0.15, 0.2) is 42.5 Å². The predicted molar refractivity (Wildman–Crippen MR) is 149 cm³/mol. The Hall–Kier alpha value is -4.99. The van der Waals surface area contributed by atoms with E-state index in [4.69, 9.17) is 23.7 Å². The molecular weight excluding hydrogens is 544 g/mol. The summed E-state index contributed by atoms with van der Waals surface area (Å²) >= 11 is 0. The van der Waals surface area contributed by atoms with E-state index in [2.05, 4.69) is 0 Å². The van der Waals surface area contributed by atoms with Crippen molar-refractivity contribution >= 4 is 29.8 Å². The lowest BCUT2D eigenvalue weighted by molar-refractivity contribution is -0.133. The molecule has 42 heavy (non-hydrogen) atoms. The van der Waals surface area contributed by atoms with Gasteiger partial charge in [-0.1, -0.05) is 6.07 Å². The predicted octanol–water partition coefficient (Wildman–Crippen LogP) is 4.90. The molecule has 0 N–H and O–H groups in total. The summed E-state index contributed by atoms with van der Waals surface area (Å²) in [7, 11) is 0. The van der Waals surface area contributed by atoms with Gasteiger partial charge >= 0.3 is 29.8 Å². The molecule has 0 heterocycles. The number of hydrogen-bond acceptors (Lipinski definition) is 10. The molecule has 0 radical (unpaired) electrons. The molecule has 0 amide bonds. The van der Waals surface area contributed by atoms with Crippen molar-refractivity contribution in [3.63, 3.8) is 0 Å². The van der Waals surface area contributed by atoms with Crippen LogP contribution in [-0.2, 0) is 36.8 Å². The van der Waals surface area contributed by atoms with Crippen LogP contribution in [0.25, 0.3) is 0 Å². The van der Waals surface area contributed by atoms with Gasteiger partial charge in [0.25, 0.3) is 0 Å². The van der Waals surface area contributed by atoms with E-state index < -0.39 is 35.8 Å². The summed E-state index contributed by atoms with van der Waals surface area (Å²) < 4.78 is 27.2. The Labute approximate surface area is 242 Å². The second-order valence-electron chi connectivity index (χ2n) is 9.97. The van der Waals surface area contributed by atoms with Gasteiger partial charge < -0.3 is 23.7 Å². The Balaban J connectivity index is 1.97. The largest absolute Gasteiger partial charge is 0.427 e. The van der Waals surface area contributed by atoms with Crippen LogP contribution in [0.4, 0.5) is 0 Å². The van der Waals surface area contributed by atoms with Gasteiger partial charge in [-0.05, 0) is 59.9 Å². The van der Waals surface area contributed by atoms with Crippen LogP contribution in [0.5, 0.6) is 28.7 Å². The minimum Gasteiger partial charge on any atom is -0.427 e. The first kappa shape index (κ1) is 30.0. The molecule has 1 aliphatic rings. The molecule has 10 nitrogen and oxygen atoms in total. The first-order valence-corrected chi connectivity index (χ1v) is 13.2. The molecule has 1 atom stereocenters. The Morgan fingerprint density at radius 1 is 0.643 bits per heavy atom. The van der Waals surface area contributed by atoms with Crippen LogP contribution in [0.2, 0.25) is 0 Å². The summed E-state index contributed by atoms with van der Waals surface area (Å²) in [5.74, 6) is -2.00. The monoisotopic (exact) mass is 574 g/mol. The van der Waals surface area contributed by atoms with Crippen molar-refractivity contribution in [1.82, 2.24) is 0 Å². The number of aryl methyl sites for hydroxylation is 1. The molecule has 0 aromatic heterocycles. The molecule has 0 saturated carbocycles. The third kappa shape index (κ3) is 7.01. The maximum atomic E-state index is 12.2. The lowest BCUT2D eigenvalue weighted by atomic mass is 9.74. The lowest BCUT2D eigenvalue weighted by Gasteiger charge is -2.32. The summed E-state index contributed by atoms with van der Waals surface area (Å²) in [4.78, 5) is 59.4. The second-order valence-corrected chi connectivity index (χ2v) is 9.97. The SMILES string of the molecule is CC(=O)Oc1ccc(CC2c3cc(OC(C)=O)cc(OC(C)=O)c3Cc3cc(OC(C)=O)cc(OC(C)=O)c32)c(C)c1. The number of carbonyl (C=O) groups excluding carboxylic acids is 5. The molecule has 0 spiro atoms. The summed E-state index contributed by atoms with van der Waals surface area (Å²) in [5.41, 5.74) is 4.41. The third-order valence-electron chi connectivity index (χ3n) is 6.54. The molecule has 1 unspecified atom stereocenters. The van der Waals surface area contributed by atoms with E-state index in [1.165, 1.54) is 46.8 Å². The first-order chi connectivity index (χ1) is 19.8. The van der Waals surface area contributed by atoms with E-state index in [0.29, 0.717) is 34.4 Å². The molecule has 218 valence electrons. The average Bonchev–Trinajstić information content (AvgIpc) is 2.84. The van der Waals surface area contributed by atoms with Crippen LogP contribution < -0.4 is 23.7 Å². The van der Waals surface area contributed by atoms with Gasteiger partial charge in [0, 0.05) is 70.2 Å². The molecule has 3 aromatic carbocycles. The van der Waals surface area contributed by atoms with Crippen LogP contribution >= 0.6 is 0 Å². The van der Waals surface area contributed by atoms with Crippen molar-refractivity contribution in [3.05, 3.63) is 75.8 Å². The van der Waals surface area contributed by atoms with Gasteiger partial charge in [0.2, 0.25) is 0 Å². The molecule has 1 aliphatic carbocycles. The molecule has 3 aromatic rings. The molecule has 0 fully saturated rings. The maximum Gasteiger partial charge on any atom is 0.308 e. The maximum absolute atomic E-state index is 12.2. The van der Waals surface area contributed by atoms with E-state index >= 15 is 0 Å². The van der Waals surface area contributed by atoms with Crippen molar-refractivity contribution in [2.45, 2.75) is 60.3 Å². The summed E-state index contributed by atoms with van der Waals surface area (Å²) in [5, 5.41) is 0. The molecule has 4 rings (SSSR count). The number of carbonyl (C=O) groups is 5. The van der Waals surface area contributed by atoms with Gasteiger partial charge in [-0.15, -0.1) is 0 Å². The van der Waals surface area contributed by atoms with Gasteiger partial charge in [0.05, 0.1) is 0 Å². The number of hydrogen-bond donors (Lipinski definition) is 0. The Bertz CT molecular complexity index is 1620. The van der Waals surface area contributed by atoms with Crippen molar-refractivity contribution in [3.8, 4) is 28.7 Å². The van der Waals surface area contributed by atoms with Crippen molar-refractivity contribution in [2.24, 2.45) is 0 Å². The zero-order valence-electron chi connectivity index (χ0n) is 24.1. The summed E-state index contributed by atoms with van der Waals surface area (Å²) in [6.07, 6.45) is 0.605. The van der Waals surface area contributed by atoms with E-state index in [0.717, 1.165) is 11.1 Å². The summed E-state index contributed by atoms with van der Waals surface area (Å²) in [6, 6.07) is 11.6. The highest BCUT2D eigenvalue weighted by Crippen LogP contribution is 2.49. The minimum absolute atomic E-state index is 0.179.